The van der Waals surface area contributed by atoms with E-state index in [9.17, 15) is 0 Å². The molecule has 0 aliphatic carbocycles. The highest BCUT2D eigenvalue weighted by Crippen LogP contribution is 2.31. The van der Waals surface area contributed by atoms with E-state index in [2.05, 4.69) is 19.9 Å². The number of hydrogen-bond acceptors (Lipinski definition) is 6. The summed E-state index contributed by atoms with van der Waals surface area (Å²) in [7, 11) is 1.58. The molecule has 0 aliphatic heterocycles. The molecule has 2 aromatic heterocycles. The van der Waals surface area contributed by atoms with Gasteiger partial charge in [-0.25, -0.2) is 9.97 Å². The van der Waals surface area contributed by atoms with Gasteiger partial charge in [-0.1, -0.05) is 0 Å². The van der Waals surface area contributed by atoms with Gasteiger partial charge in [-0.05, 0) is 12.1 Å². The van der Waals surface area contributed by atoms with E-state index in [-0.39, 0.29) is 0 Å². The molecule has 0 aliphatic rings. The van der Waals surface area contributed by atoms with Crippen LogP contribution in [-0.4, -0.2) is 27.0 Å². The van der Waals surface area contributed by atoms with Crippen LogP contribution in [0.1, 0.15) is 0 Å². The minimum absolute atomic E-state index is 0.374. The summed E-state index contributed by atoms with van der Waals surface area (Å²) in [5.74, 6) is 1.54. The fraction of sp³-hybridized carbons (Fsp3) is 0.0833. The van der Waals surface area contributed by atoms with Crippen molar-refractivity contribution >= 4 is 16.9 Å². The van der Waals surface area contributed by atoms with Gasteiger partial charge in [0.15, 0.2) is 11.4 Å². The van der Waals surface area contributed by atoms with E-state index in [0.29, 0.717) is 34.2 Å². The normalized spacial score (nSPS) is 10.6. The smallest absolute Gasteiger partial charge is 0.248 e. The third kappa shape index (κ3) is 2.01. The van der Waals surface area contributed by atoms with Gasteiger partial charge in [-0.15, -0.1) is 0 Å². The Labute approximate surface area is 108 Å². The maximum Gasteiger partial charge on any atom is 0.248 e. The molecular formula is C12H11N5O2. The monoisotopic (exact) mass is 257 g/mol. The second kappa shape index (κ2) is 4.45. The first-order valence-corrected chi connectivity index (χ1v) is 5.53. The third-order valence-corrected chi connectivity index (χ3v) is 2.61. The summed E-state index contributed by atoms with van der Waals surface area (Å²) in [5.41, 5.74) is 7.52. The Hall–Kier alpha value is -2.83. The topological polar surface area (TPSA) is 98.9 Å². The second-order valence-corrected chi connectivity index (χ2v) is 3.79. The molecule has 1 aromatic carbocycles. The van der Waals surface area contributed by atoms with Gasteiger partial charge in [0.05, 0.1) is 19.1 Å². The summed E-state index contributed by atoms with van der Waals surface area (Å²) in [6.07, 6.45) is 2.92. The molecule has 3 N–H and O–H groups in total. The summed E-state index contributed by atoms with van der Waals surface area (Å²) < 4.78 is 10.8. The van der Waals surface area contributed by atoms with Gasteiger partial charge in [0.25, 0.3) is 0 Å². The fourth-order valence-corrected chi connectivity index (χ4v) is 1.67. The van der Waals surface area contributed by atoms with Crippen LogP contribution in [0.3, 0.4) is 0 Å². The maximum absolute atomic E-state index is 5.89. The molecule has 0 saturated heterocycles. The van der Waals surface area contributed by atoms with Gasteiger partial charge < -0.3 is 20.2 Å². The Morgan fingerprint density at radius 3 is 2.89 bits per heavy atom. The van der Waals surface area contributed by atoms with Crippen molar-refractivity contribution in [2.45, 2.75) is 0 Å². The van der Waals surface area contributed by atoms with Gasteiger partial charge in [-0.2, -0.15) is 4.98 Å². The molecule has 0 amide bonds. The summed E-state index contributed by atoms with van der Waals surface area (Å²) in [4.78, 5) is 15.0. The molecule has 0 unspecified atom stereocenters. The van der Waals surface area contributed by atoms with E-state index in [1.807, 2.05) is 0 Å². The van der Waals surface area contributed by atoms with Crippen LogP contribution in [0.4, 0.5) is 5.69 Å². The molecule has 7 heteroatoms. The number of aromatic amines is 1. The third-order valence-electron chi connectivity index (χ3n) is 2.61. The molecular weight excluding hydrogens is 246 g/mol. The van der Waals surface area contributed by atoms with Crippen molar-refractivity contribution < 1.29 is 9.47 Å². The first-order chi connectivity index (χ1) is 9.28. The Balaban J connectivity index is 1.99. The average molecular weight is 257 g/mol. The number of fused-ring (bicyclic) bond motifs is 1. The molecule has 2 heterocycles. The summed E-state index contributed by atoms with van der Waals surface area (Å²) in [6, 6.07) is 5.16. The van der Waals surface area contributed by atoms with Gasteiger partial charge >= 0.3 is 0 Å². The second-order valence-electron chi connectivity index (χ2n) is 3.79. The first kappa shape index (κ1) is 11.3. The molecule has 0 atom stereocenters. The number of H-pyrrole nitrogens is 1. The zero-order valence-corrected chi connectivity index (χ0v) is 10.1. The van der Waals surface area contributed by atoms with Crippen molar-refractivity contribution in [1.29, 1.82) is 0 Å². The van der Waals surface area contributed by atoms with Crippen molar-refractivity contribution in [1.82, 2.24) is 19.9 Å². The summed E-state index contributed by atoms with van der Waals surface area (Å²) in [6.45, 7) is 0. The van der Waals surface area contributed by atoms with Crippen LogP contribution in [0, 0.1) is 0 Å². The van der Waals surface area contributed by atoms with E-state index in [0.717, 1.165) is 0 Å². The minimum Gasteiger partial charge on any atom is -0.497 e. The lowest BCUT2D eigenvalue weighted by atomic mass is 10.3. The standard InChI is InChI=1S/C12H11N5O2/c1-18-7-2-3-9(8(13)4-7)19-12-10-11(15-5-14-10)16-6-17-12/h2-6H,13H2,1H3,(H,14,15,16,17). The quantitative estimate of drug-likeness (QED) is 0.693. The number of benzene rings is 1. The fourth-order valence-electron chi connectivity index (χ4n) is 1.67. The molecule has 3 rings (SSSR count). The van der Waals surface area contributed by atoms with E-state index < -0.39 is 0 Å². The predicted molar refractivity (Wildman–Crippen MR) is 69.2 cm³/mol. The lowest BCUT2D eigenvalue weighted by Gasteiger charge is -2.09. The lowest BCUT2D eigenvalue weighted by Crippen LogP contribution is -1.96. The van der Waals surface area contributed by atoms with Gasteiger partial charge in [0.1, 0.15) is 17.6 Å². The molecule has 0 fully saturated rings. The van der Waals surface area contributed by atoms with Crippen molar-refractivity contribution in [3.05, 3.63) is 30.9 Å². The molecule has 0 saturated carbocycles. The van der Waals surface area contributed by atoms with Crippen LogP contribution >= 0.6 is 0 Å². The molecule has 3 aromatic rings. The zero-order chi connectivity index (χ0) is 13.2. The van der Waals surface area contributed by atoms with Gasteiger partial charge in [0.2, 0.25) is 5.88 Å². The number of rotatable bonds is 3. The van der Waals surface area contributed by atoms with E-state index in [4.69, 9.17) is 15.2 Å². The van der Waals surface area contributed by atoms with E-state index >= 15 is 0 Å². The molecule has 19 heavy (non-hydrogen) atoms. The molecule has 0 spiro atoms. The number of nitrogens with one attached hydrogen (secondary N) is 1. The van der Waals surface area contributed by atoms with Crippen LogP contribution in [0.5, 0.6) is 17.4 Å². The Morgan fingerprint density at radius 2 is 2.11 bits per heavy atom. The first-order valence-electron chi connectivity index (χ1n) is 5.53. The van der Waals surface area contributed by atoms with Crippen molar-refractivity contribution in [2.75, 3.05) is 12.8 Å². The number of imidazole rings is 1. The number of nitrogen functional groups attached to an aromatic ring is 1. The lowest BCUT2D eigenvalue weighted by molar-refractivity contribution is 0.413. The largest absolute Gasteiger partial charge is 0.497 e. The highest BCUT2D eigenvalue weighted by Gasteiger charge is 2.10. The number of nitrogens with zero attached hydrogens (tertiary/aromatic N) is 3. The Morgan fingerprint density at radius 1 is 1.21 bits per heavy atom. The van der Waals surface area contributed by atoms with Crippen LogP contribution < -0.4 is 15.2 Å². The number of aromatic nitrogens is 4. The number of nitrogens with two attached hydrogens (primary N) is 1. The number of hydrogen-bond donors (Lipinski definition) is 2. The number of methoxy groups -OCH3 is 1. The average Bonchev–Trinajstić information content (AvgIpc) is 2.90. The van der Waals surface area contributed by atoms with Crippen molar-refractivity contribution in [3.8, 4) is 17.4 Å². The highest BCUT2D eigenvalue weighted by atomic mass is 16.5. The van der Waals surface area contributed by atoms with E-state index in [1.165, 1.54) is 12.7 Å². The van der Waals surface area contributed by atoms with Crippen molar-refractivity contribution in [3.63, 3.8) is 0 Å². The Bertz CT molecular complexity index is 725. The zero-order valence-electron chi connectivity index (χ0n) is 10.1. The molecule has 96 valence electrons. The molecule has 0 bridgehead atoms. The summed E-state index contributed by atoms with van der Waals surface area (Å²) in [5, 5.41) is 0. The number of ether oxygens (including phenoxy) is 2. The van der Waals surface area contributed by atoms with E-state index in [1.54, 1.807) is 25.3 Å². The van der Waals surface area contributed by atoms with Crippen LogP contribution in [0.15, 0.2) is 30.9 Å². The Kier molecular flexibility index (Phi) is 2.64. The number of anilines is 1. The van der Waals surface area contributed by atoms with Gasteiger partial charge in [0, 0.05) is 6.07 Å². The van der Waals surface area contributed by atoms with Crippen LogP contribution in [-0.2, 0) is 0 Å². The minimum atomic E-state index is 0.374. The van der Waals surface area contributed by atoms with Gasteiger partial charge in [-0.3, -0.25) is 0 Å². The SMILES string of the molecule is COc1ccc(Oc2ncnc3nc[nH]c23)c(N)c1. The molecule has 7 nitrogen and oxygen atoms in total. The van der Waals surface area contributed by atoms with Crippen LogP contribution in [0.25, 0.3) is 11.2 Å². The highest BCUT2D eigenvalue weighted by molar-refractivity contribution is 5.75. The maximum atomic E-state index is 5.89. The summed E-state index contributed by atoms with van der Waals surface area (Å²) >= 11 is 0. The molecule has 0 radical (unpaired) electrons. The van der Waals surface area contributed by atoms with Crippen LogP contribution in [0.2, 0.25) is 0 Å². The van der Waals surface area contributed by atoms with Crippen molar-refractivity contribution in [2.24, 2.45) is 0 Å². The predicted octanol–water partition coefficient (Wildman–Crippen LogP) is 1.74.